The first kappa shape index (κ1) is 13.8. The second-order valence-corrected chi connectivity index (χ2v) is 5.71. The summed E-state index contributed by atoms with van der Waals surface area (Å²) in [5.74, 6) is 0.929. The Morgan fingerprint density at radius 2 is 2.24 bits per heavy atom. The fraction of sp³-hybridized carbons (Fsp3) is 0.438. The van der Waals surface area contributed by atoms with Gasteiger partial charge >= 0.3 is 0 Å². The SMILES string of the molecule is CNC(=O)Cc1noc([C@@]2(C)CCCc3ccccc32)n1. The fourth-order valence-electron chi connectivity index (χ4n) is 3.05. The number of fused-ring (bicyclic) bond motifs is 1. The Kier molecular flexibility index (Phi) is 3.49. The van der Waals surface area contributed by atoms with Crippen LogP contribution in [0.5, 0.6) is 0 Å². The molecular formula is C16H19N3O2. The normalized spacial score (nSPS) is 20.9. The lowest BCUT2D eigenvalue weighted by Crippen LogP contribution is -2.29. The van der Waals surface area contributed by atoms with Gasteiger partial charge in [0, 0.05) is 7.05 Å². The van der Waals surface area contributed by atoms with Crippen molar-refractivity contribution in [3.8, 4) is 0 Å². The molecule has 1 aliphatic rings. The first-order valence-electron chi connectivity index (χ1n) is 7.25. The Bertz CT molecular complexity index is 665. The molecule has 2 aromatic rings. The molecule has 1 N–H and O–H groups in total. The van der Waals surface area contributed by atoms with Gasteiger partial charge in [-0.3, -0.25) is 4.79 Å². The molecule has 5 heteroatoms. The van der Waals surface area contributed by atoms with Crippen molar-refractivity contribution >= 4 is 5.91 Å². The number of likely N-dealkylation sites (N-methyl/N-ethyl adjacent to an activating group) is 1. The monoisotopic (exact) mass is 285 g/mol. The Balaban J connectivity index is 1.95. The van der Waals surface area contributed by atoms with E-state index in [1.807, 2.05) is 6.07 Å². The standard InChI is InChI=1S/C16H19N3O2/c1-16(9-5-7-11-6-3-4-8-12(11)16)15-18-13(19-21-15)10-14(20)17-2/h3-4,6,8H,5,7,9-10H2,1-2H3,(H,17,20)/t16-/m0/s1. The second-order valence-electron chi connectivity index (χ2n) is 5.71. The number of benzene rings is 1. The van der Waals surface area contributed by atoms with E-state index in [1.54, 1.807) is 7.05 Å². The van der Waals surface area contributed by atoms with Crippen LogP contribution in [0.25, 0.3) is 0 Å². The summed E-state index contributed by atoms with van der Waals surface area (Å²) in [6.45, 7) is 2.14. The van der Waals surface area contributed by atoms with Gasteiger partial charge in [0.05, 0.1) is 11.8 Å². The maximum atomic E-state index is 11.4. The summed E-state index contributed by atoms with van der Waals surface area (Å²) in [5, 5.41) is 6.52. The van der Waals surface area contributed by atoms with Crippen LogP contribution in [0, 0.1) is 0 Å². The molecule has 1 aliphatic carbocycles. The molecule has 3 rings (SSSR count). The molecule has 0 bridgehead atoms. The number of nitrogens with one attached hydrogen (secondary N) is 1. The predicted octanol–water partition coefficient (Wildman–Crippen LogP) is 2.00. The molecule has 0 aliphatic heterocycles. The third kappa shape index (κ3) is 2.44. The van der Waals surface area contributed by atoms with Gasteiger partial charge in [0.2, 0.25) is 11.8 Å². The number of hydrogen-bond acceptors (Lipinski definition) is 4. The molecule has 110 valence electrons. The van der Waals surface area contributed by atoms with E-state index in [-0.39, 0.29) is 17.7 Å². The molecule has 1 aromatic heterocycles. The van der Waals surface area contributed by atoms with Crippen molar-refractivity contribution < 1.29 is 9.32 Å². The largest absolute Gasteiger partial charge is 0.359 e. The minimum Gasteiger partial charge on any atom is -0.359 e. The Morgan fingerprint density at radius 1 is 1.43 bits per heavy atom. The van der Waals surface area contributed by atoms with E-state index < -0.39 is 0 Å². The number of aromatic nitrogens is 2. The van der Waals surface area contributed by atoms with Gasteiger partial charge in [-0.2, -0.15) is 4.98 Å². The maximum Gasteiger partial charge on any atom is 0.237 e. The van der Waals surface area contributed by atoms with Crippen LogP contribution in [-0.4, -0.2) is 23.1 Å². The van der Waals surface area contributed by atoms with Gasteiger partial charge in [0.15, 0.2) is 5.82 Å². The van der Waals surface area contributed by atoms with Crippen molar-refractivity contribution in [3.05, 3.63) is 47.1 Å². The smallest absolute Gasteiger partial charge is 0.237 e. The van der Waals surface area contributed by atoms with E-state index in [0.29, 0.717) is 11.7 Å². The number of rotatable bonds is 3. The highest BCUT2D eigenvalue weighted by atomic mass is 16.5. The van der Waals surface area contributed by atoms with Crippen LogP contribution < -0.4 is 5.32 Å². The third-order valence-electron chi connectivity index (χ3n) is 4.27. The molecule has 5 nitrogen and oxygen atoms in total. The van der Waals surface area contributed by atoms with Crippen molar-refractivity contribution in [1.29, 1.82) is 0 Å². The Hall–Kier alpha value is -2.17. The van der Waals surface area contributed by atoms with Gasteiger partial charge < -0.3 is 9.84 Å². The average molecular weight is 285 g/mol. The van der Waals surface area contributed by atoms with E-state index in [9.17, 15) is 4.79 Å². The van der Waals surface area contributed by atoms with Crippen LogP contribution in [0.2, 0.25) is 0 Å². The van der Waals surface area contributed by atoms with Crippen molar-refractivity contribution in [2.24, 2.45) is 0 Å². The van der Waals surface area contributed by atoms with E-state index in [4.69, 9.17) is 4.52 Å². The minimum absolute atomic E-state index is 0.114. The van der Waals surface area contributed by atoms with Crippen LogP contribution in [0.3, 0.4) is 0 Å². The second kappa shape index (κ2) is 5.31. The lowest BCUT2D eigenvalue weighted by Gasteiger charge is -2.32. The summed E-state index contributed by atoms with van der Waals surface area (Å²) < 4.78 is 5.47. The lowest BCUT2D eigenvalue weighted by atomic mass is 9.71. The predicted molar refractivity (Wildman–Crippen MR) is 77.9 cm³/mol. The number of carbonyl (C=O) groups is 1. The maximum absolute atomic E-state index is 11.4. The van der Waals surface area contributed by atoms with Gasteiger partial charge in [-0.05, 0) is 37.3 Å². The molecule has 1 heterocycles. The van der Waals surface area contributed by atoms with Crippen LogP contribution in [0.15, 0.2) is 28.8 Å². The highest BCUT2D eigenvalue weighted by Gasteiger charge is 2.38. The van der Waals surface area contributed by atoms with Crippen molar-refractivity contribution in [2.45, 2.75) is 38.0 Å². The summed E-state index contributed by atoms with van der Waals surface area (Å²) in [4.78, 5) is 15.9. The first-order chi connectivity index (χ1) is 10.1. The van der Waals surface area contributed by atoms with Crippen LogP contribution in [-0.2, 0) is 23.1 Å². The number of carbonyl (C=O) groups excluding carboxylic acids is 1. The molecule has 1 aromatic carbocycles. The van der Waals surface area contributed by atoms with Gasteiger partial charge in [-0.15, -0.1) is 0 Å². The summed E-state index contributed by atoms with van der Waals surface area (Å²) in [6, 6.07) is 8.41. The van der Waals surface area contributed by atoms with Crippen molar-refractivity contribution in [3.63, 3.8) is 0 Å². The van der Waals surface area contributed by atoms with E-state index in [1.165, 1.54) is 11.1 Å². The van der Waals surface area contributed by atoms with Crippen LogP contribution in [0.1, 0.15) is 42.6 Å². The molecule has 0 saturated heterocycles. The zero-order chi connectivity index (χ0) is 14.9. The molecule has 0 unspecified atom stereocenters. The average Bonchev–Trinajstić information content (AvgIpc) is 2.97. The molecule has 0 saturated carbocycles. The summed E-state index contributed by atoms with van der Waals surface area (Å²) in [6.07, 6.45) is 3.31. The molecule has 21 heavy (non-hydrogen) atoms. The number of amides is 1. The van der Waals surface area contributed by atoms with Gasteiger partial charge in [-0.1, -0.05) is 29.4 Å². The summed E-state index contributed by atoms with van der Waals surface area (Å²) in [5.41, 5.74) is 2.34. The Morgan fingerprint density at radius 3 is 3.05 bits per heavy atom. The molecule has 0 spiro atoms. The molecule has 0 fully saturated rings. The molecular weight excluding hydrogens is 266 g/mol. The van der Waals surface area contributed by atoms with Gasteiger partial charge in [0.1, 0.15) is 0 Å². The number of hydrogen-bond donors (Lipinski definition) is 1. The zero-order valence-electron chi connectivity index (χ0n) is 12.3. The Labute approximate surface area is 123 Å². The third-order valence-corrected chi connectivity index (χ3v) is 4.27. The topological polar surface area (TPSA) is 68.0 Å². The fourth-order valence-corrected chi connectivity index (χ4v) is 3.05. The number of aryl methyl sites for hydroxylation is 1. The lowest BCUT2D eigenvalue weighted by molar-refractivity contribution is -0.120. The van der Waals surface area contributed by atoms with Gasteiger partial charge in [0.25, 0.3) is 0 Å². The highest BCUT2D eigenvalue weighted by molar-refractivity contribution is 5.77. The quantitative estimate of drug-likeness (QED) is 0.936. The minimum atomic E-state index is -0.261. The van der Waals surface area contributed by atoms with E-state index in [2.05, 4.69) is 40.6 Å². The van der Waals surface area contributed by atoms with E-state index >= 15 is 0 Å². The summed E-state index contributed by atoms with van der Waals surface area (Å²) in [7, 11) is 1.60. The number of nitrogens with zero attached hydrogens (tertiary/aromatic N) is 2. The van der Waals surface area contributed by atoms with Crippen molar-refractivity contribution in [2.75, 3.05) is 7.05 Å². The molecule has 1 atom stereocenters. The first-order valence-corrected chi connectivity index (χ1v) is 7.25. The highest BCUT2D eigenvalue weighted by Crippen LogP contribution is 2.41. The summed E-state index contributed by atoms with van der Waals surface area (Å²) >= 11 is 0. The molecule has 0 radical (unpaired) electrons. The zero-order valence-corrected chi connectivity index (χ0v) is 12.3. The molecule has 1 amide bonds. The van der Waals surface area contributed by atoms with Crippen molar-refractivity contribution in [1.82, 2.24) is 15.5 Å². The van der Waals surface area contributed by atoms with E-state index in [0.717, 1.165) is 19.3 Å². The van der Waals surface area contributed by atoms with Crippen LogP contribution >= 0.6 is 0 Å². The van der Waals surface area contributed by atoms with Gasteiger partial charge in [-0.25, -0.2) is 0 Å². The van der Waals surface area contributed by atoms with Crippen LogP contribution in [0.4, 0.5) is 0 Å².